The van der Waals surface area contributed by atoms with Crippen LogP contribution >= 0.6 is 0 Å². The summed E-state index contributed by atoms with van der Waals surface area (Å²) in [6, 6.07) is 15.0. The molecule has 1 aliphatic carbocycles. The Labute approximate surface area is 200 Å². The smallest absolute Gasteiger partial charge is 0.408 e. The predicted octanol–water partition coefficient (Wildman–Crippen LogP) is 4.70. The van der Waals surface area contributed by atoms with Gasteiger partial charge in [0.05, 0.1) is 0 Å². The van der Waals surface area contributed by atoms with Gasteiger partial charge in [-0.05, 0) is 41.0 Å². The first-order valence-electron chi connectivity index (χ1n) is 11.6. The van der Waals surface area contributed by atoms with Crippen molar-refractivity contribution in [1.82, 2.24) is 10.6 Å². The average molecular weight is 467 g/mol. The lowest BCUT2D eigenvalue weighted by atomic mass is 9.85. The van der Waals surface area contributed by atoms with E-state index < -0.39 is 35.0 Å². The van der Waals surface area contributed by atoms with E-state index in [1.807, 2.05) is 43.3 Å². The zero-order valence-electron chi connectivity index (χ0n) is 20.5. The van der Waals surface area contributed by atoms with Gasteiger partial charge in [0.25, 0.3) is 0 Å². The van der Waals surface area contributed by atoms with Gasteiger partial charge in [-0.25, -0.2) is 9.59 Å². The summed E-state index contributed by atoms with van der Waals surface area (Å²) in [6.45, 7) is 8.83. The van der Waals surface area contributed by atoms with Crippen LogP contribution in [-0.2, 0) is 14.3 Å². The standard InChI is InChI=1S/C27H34N2O5/c1-6-15-27(5,24(32)28-22(23(30)31)26(2,3)4)29-25(33)34-16-21-19-13-9-7-11-17(19)18-12-8-10-14-20(18)21/h7-14,21-22H,6,15-16H2,1-5H3,(H,28,32)(H,29,33)(H,30,31)/t22-,27?/m1/s1. The lowest BCUT2D eigenvalue weighted by Gasteiger charge is -2.34. The Hall–Kier alpha value is -3.35. The molecule has 7 nitrogen and oxygen atoms in total. The molecule has 0 spiro atoms. The zero-order chi connectivity index (χ0) is 25.1. The fourth-order valence-electron chi connectivity index (χ4n) is 4.53. The van der Waals surface area contributed by atoms with Crippen molar-refractivity contribution >= 4 is 18.0 Å². The Balaban J connectivity index is 1.72. The van der Waals surface area contributed by atoms with Gasteiger partial charge in [-0.2, -0.15) is 0 Å². The second kappa shape index (κ2) is 9.87. The Bertz CT molecular complexity index is 1030. The summed E-state index contributed by atoms with van der Waals surface area (Å²) in [6.07, 6.45) is 0.232. The second-order valence-corrected chi connectivity index (χ2v) is 10.1. The molecular weight excluding hydrogens is 432 g/mol. The summed E-state index contributed by atoms with van der Waals surface area (Å²) in [5, 5.41) is 14.9. The van der Waals surface area contributed by atoms with Gasteiger partial charge >= 0.3 is 12.1 Å². The fraction of sp³-hybridized carbons (Fsp3) is 0.444. The van der Waals surface area contributed by atoms with E-state index in [1.165, 1.54) is 0 Å². The number of aliphatic carboxylic acids is 1. The first kappa shape index (κ1) is 25.3. The van der Waals surface area contributed by atoms with Crippen LogP contribution in [0, 0.1) is 5.41 Å². The number of carboxylic acids is 1. The summed E-state index contributed by atoms with van der Waals surface area (Å²) < 4.78 is 5.61. The Kier molecular flexibility index (Phi) is 7.34. The molecule has 3 N–H and O–H groups in total. The summed E-state index contributed by atoms with van der Waals surface area (Å²) >= 11 is 0. The predicted molar refractivity (Wildman–Crippen MR) is 131 cm³/mol. The molecule has 34 heavy (non-hydrogen) atoms. The van der Waals surface area contributed by atoms with Gasteiger partial charge in [-0.3, -0.25) is 4.79 Å². The van der Waals surface area contributed by atoms with Gasteiger partial charge in [-0.1, -0.05) is 82.6 Å². The number of carbonyl (C=O) groups excluding carboxylic acids is 2. The number of rotatable bonds is 8. The molecule has 2 aromatic carbocycles. The highest BCUT2D eigenvalue weighted by Crippen LogP contribution is 2.44. The maximum absolute atomic E-state index is 13.1. The molecule has 2 amide bonds. The van der Waals surface area contributed by atoms with E-state index in [2.05, 4.69) is 22.8 Å². The zero-order valence-corrected chi connectivity index (χ0v) is 20.5. The molecule has 1 aliphatic rings. The number of fused-ring (bicyclic) bond motifs is 3. The maximum atomic E-state index is 13.1. The number of nitrogens with one attached hydrogen (secondary N) is 2. The van der Waals surface area contributed by atoms with Crippen LogP contribution in [0.2, 0.25) is 0 Å². The van der Waals surface area contributed by atoms with E-state index in [0.29, 0.717) is 12.8 Å². The van der Waals surface area contributed by atoms with Crippen LogP contribution in [0.3, 0.4) is 0 Å². The minimum atomic E-state index is -1.31. The fourth-order valence-corrected chi connectivity index (χ4v) is 4.53. The van der Waals surface area contributed by atoms with Crippen LogP contribution < -0.4 is 10.6 Å². The number of alkyl carbamates (subject to hydrolysis) is 1. The van der Waals surface area contributed by atoms with E-state index >= 15 is 0 Å². The number of ether oxygens (including phenoxy) is 1. The molecule has 2 atom stereocenters. The largest absolute Gasteiger partial charge is 0.480 e. The number of hydrogen-bond donors (Lipinski definition) is 3. The van der Waals surface area contributed by atoms with Crippen molar-refractivity contribution in [2.24, 2.45) is 5.41 Å². The first-order chi connectivity index (χ1) is 16.0. The summed E-state index contributed by atoms with van der Waals surface area (Å²) in [5.74, 6) is -1.77. The van der Waals surface area contributed by atoms with Crippen LogP contribution in [0.25, 0.3) is 11.1 Å². The van der Waals surface area contributed by atoms with Gasteiger partial charge in [-0.15, -0.1) is 0 Å². The summed E-state index contributed by atoms with van der Waals surface area (Å²) in [4.78, 5) is 37.6. The van der Waals surface area contributed by atoms with Gasteiger partial charge in [0.15, 0.2) is 0 Å². The quantitative estimate of drug-likeness (QED) is 0.523. The van der Waals surface area contributed by atoms with Gasteiger partial charge in [0.1, 0.15) is 18.2 Å². The van der Waals surface area contributed by atoms with Crippen molar-refractivity contribution in [2.45, 2.75) is 65.0 Å². The highest BCUT2D eigenvalue weighted by atomic mass is 16.5. The lowest BCUT2D eigenvalue weighted by Crippen LogP contribution is -2.61. The van der Waals surface area contributed by atoms with Crippen molar-refractivity contribution in [2.75, 3.05) is 6.61 Å². The first-order valence-corrected chi connectivity index (χ1v) is 11.6. The second-order valence-electron chi connectivity index (χ2n) is 10.1. The molecule has 1 unspecified atom stereocenters. The van der Waals surface area contributed by atoms with E-state index in [9.17, 15) is 19.5 Å². The van der Waals surface area contributed by atoms with Gasteiger partial charge in [0, 0.05) is 5.92 Å². The molecule has 2 aromatic rings. The third-order valence-corrected chi connectivity index (χ3v) is 6.36. The summed E-state index contributed by atoms with van der Waals surface area (Å²) in [7, 11) is 0. The molecule has 0 aromatic heterocycles. The minimum absolute atomic E-state index is 0.0957. The van der Waals surface area contributed by atoms with Crippen LogP contribution in [-0.4, -0.2) is 41.3 Å². The molecule has 0 heterocycles. The molecule has 0 aliphatic heterocycles. The number of carbonyl (C=O) groups is 3. The highest BCUT2D eigenvalue weighted by molar-refractivity contribution is 5.92. The monoisotopic (exact) mass is 466 g/mol. The van der Waals surface area contributed by atoms with E-state index in [0.717, 1.165) is 22.3 Å². The third-order valence-electron chi connectivity index (χ3n) is 6.36. The van der Waals surface area contributed by atoms with Crippen molar-refractivity contribution in [3.63, 3.8) is 0 Å². The molecule has 0 fully saturated rings. The highest BCUT2D eigenvalue weighted by Gasteiger charge is 2.40. The van der Waals surface area contributed by atoms with Crippen LogP contribution in [0.5, 0.6) is 0 Å². The summed E-state index contributed by atoms with van der Waals surface area (Å²) in [5.41, 5.74) is 2.45. The molecule has 0 bridgehead atoms. The molecular formula is C27H34N2O5. The van der Waals surface area contributed by atoms with Crippen LogP contribution in [0.4, 0.5) is 4.79 Å². The third kappa shape index (κ3) is 5.24. The minimum Gasteiger partial charge on any atom is -0.480 e. The van der Waals surface area contributed by atoms with Crippen LogP contribution in [0.1, 0.15) is 64.5 Å². The van der Waals surface area contributed by atoms with Crippen molar-refractivity contribution in [1.29, 1.82) is 0 Å². The number of amides is 2. The van der Waals surface area contributed by atoms with E-state index in [1.54, 1.807) is 27.7 Å². The average Bonchev–Trinajstić information content (AvgIpc) is 3.08. The maximum Gasteiger partial charge on any atom is 0.408 e. The molecule has 182 valence electrons. The van der Waals surface area contributed by atoms with Crippen molar-refractivity contribution < 1.29 is 24.2 Å². The number of carboxylic acid groups (broad SMARTS) is 1. The molecule has 0 radical (unpaired) electrons. The number of benzene rings is 2. The SMILES string of the molecule is CCCC(C)(NC(=O)OCC1c2ccccc2-c2ccccc21)C(=O)N[C@H](C(=O)O)C(C)(C)C. The van der Waals surface area contributed by atoms with Crippen molar-refractivity contribution in [3.05, 3.63) is 59.7 Å². The molecule has 7 heteroatoms. The Morgan fingerprint density at radius 3 is 1.97 bits per heavy atom. The Morgan fingerprint density at radius 1 is 0.971 bits per heavy atom. The topological polar surface area (TPSA) is 105 Å². The molecule has 3 rings (SSSR count). The molecule has 0 saturated carbocycles. The van der Waals surface area contributed by atoms with Crippen LogP contribution in [0.15, 0.2) is 48.5 Å². The van der Waals surface area contributed by atoms with Gasteiger partial charge < -0.3 is 20.5 Å². The number of hydrogen-bond acceptors (Lipinski definition) is 4. The Morgan fingerprint density at radius 2 is 1.50 bits per heavy atom. The van der Waals surface area contributed by atoms with E-state index in [4.69, 9.17) is 4.74 Å². The molecule has 0 saturated heterocycles. The normalized spacial score (nSPS) is 15.4. The van der Waals surface area contributed by atoms with E-state index in [-0.39, 0.29) is 12.5 Å². The van der Waals surface area contributed by atoms with Gasteiger partial charge in [0.2, 0.25) is 5.91 Å². The van der Waals surface area contributed by atoms with Crippen molar-refractivity contribution in [3.8, 4) is 11.1 Å². The lowest BCUT2D eigenvalue weighted by molar-refractivity contribution is -0.146.